The summed E-state index contributed by atoms with van der Waals surface area (Å²) in [5, 5.41) is 0.486. The largest absolute Gasteiger partial charge is 0.274 e. The van der Waals surface area contributed by atoms with Crippen LogP contribution in [-0.4, -0.2) is 11.8 Å². The summed E-state index contributed by atoms with van der Waals surface area (Å²) in [5.41, 5.74) is 1.49. The van der Waals surface area contributed by atoms with Crippen LogP contribution >= 0.6 is 11.6 Å². The standard InChI is InChI=1S/C29H20ClNO2/c30-23-17-10-18-24(19-23)31-26(32)25-28(20-11-4-1-5-12-20,21-13-6-2-7-14-21)29(25,27(31)33)22-15-8-3-9-16-22/h1-19,25H/t25-,29+/m1/s1. The zero-order valence-electron chi connectivity index (χ0n) is 17.7. The SMILES string of the molecule is O=C1[C@@H]2C(c3ccccc3)(c3ccccc3)[C@]2(c2ccccc2)C(=O)N1c1cccc(Cl)c1. The number of anilines is 1. The third-order valence-corrected chi connectivity index (χ3v) is 7.40. The first-order chi connectivity index (χ1) is 16.1. The lowest BCUT2D eigenvalue weighted by atomic mass is 9.76. The molecule has 6 rings (SSSR count). The van der Waals surface area contributed by atoms with Gasteiger partial charge in [-0.25, -0.2) is 4.90 Å². The molecule has 0 radical (unpaired) electrons. The van der Waals surface area contributed by atoms with Crippen LogP contribution < -0.4 is 4.90 Å². The van der Waals surface area contributed by atoms with Gasteiger partial charge in [0.25, 0.3) is 0 Å². The first-order valence-corrected chi connectivity index (χ1v) is 11.3. The van der Waals surface area contributed by atoms with Gasteiger partial charge >= 0.3 is 0 Å². The maximum Gasteiger partial charge on any atom is 0.246 e. The van der Waals surface area contributed by atoms with E-state index in [4.69, 9.17) is 11.6 Å². The second-order valence-corrected chi connectivity index (χ2v) is 9.04. The lowest BCUT2D eigenvalue weighted by molar-refractivity contribution is -0.124. The molecule has 1 aliphatic carbocycles. The van der Waals surface area contributed by atoms with Crippen molar-refractivity contribution >= 4 is 29.1 Å². The van der Waals surface area contributed by atoms with Crippen LogP contribution in [0.15, 0.2) is 115 Å². The molecule has 4 aromatic carbocycles. The average molecular weight is 450 g/mol. The Morgan fingerprint density at radius 2 is 1.09 bits per heavy atom. The van der Waals surface area contributed by atoms with E-state index < -0.39 is 16.7 Å². The first-order valence-electron chi connectivity index (χ1n) is 10.9. The van der Waals surface area contributed by atoms with Crippen molar-refractivity contribution in [2.45, 2.75) is 10.8 Å². The summed E-state index contributed by atoms with van der Waals surface area (Å²) in [5.74, 6) is -0.957. The molecule has 160 valence electrons. The van der Waals surface area contributed by atoms with Crippen molar-refractivity contribution in [2.75, 3.05) is 4.90 Å². The smallest absolute Gasteiger partial charge is 0.246 e. The van der Waals surface area contributed by atoms with Crippen molar-refractivity contribution in [2.24, 2.45) is 5.92 Å². The monoisotopic (exact) mass is 449 g/mol. The van der Waals surface area contributed by atoms with Crippen molar-refractivity contribution in [3.63, 3.8) is 0 Å². The summed E-state index contributed by atoms with van der Waals surface area (Å²) in [6.45, 7) is 0. The second kappa shape index (κ2) is 7.16. The van der Waals surface area contributed by atoms with E-state index in [1.807, 2.05) is 91.0 Å². The molecule has 0 bridgehead atoms. The molecule has 1 saturated carbocycles. The summed E-state index contributed by atoms with van der Waals surface area (Å²) in [4.78, 5) is 29.8. The Hall–Kier alpha value is -3.69. The van der Waals surface area contributed by atoms with E-state index in [0.717, 1.165) is 16.7 Å². The van der Waals surface area contributed by atoms with Gasteiger partial charge in [0.1, 0.15) is 5.41 Å². The van der Waals surface area contributed by atoms with Gasteiger partial charge in [0, 0.05) is 5.02 Å². The summed E-state index contributed by atoms with van der Waals surface area (Å²) < 4.78 is 0. The zero-order valence-corrected chi connectivity index (χ0v) is 18.4. The molecule has 1 saturated heterocycles. The average Bonchev–Trinajstić information content (AvgIpc) is 3.45. The molecular formula is C29H20ClNO2. The molecular weight excluding hydrogens is 430 g/mol. The predicted octanol–water partition coefficient (Wildman–Crippen LogP) is 5.77. The van der Waals surface area contributed by atoms with Crippen molar-refractivity contribution in [3.8, 4) is 0 Å². The quantitative estimate of drug-likeness (QED) is 0.371. The molecule has 3 nitrogen and oxygen atoms in total. The summed E-state index contributed by atoms with van der Waals surface area (Å²) in [6.07, 6.45) is 0. The fraction of sp³-hybridized carbons (Fsp3) is 0.103. The van der Waals surface area contributed by atoms with Crippen LogP contribution in [0.5, 0.6) is 0 Å². The van der Waals surface area contributed by atoms with Gasteiger partial charge in [0.05, 0.1) is 17.0 Å². The van der Waals surface area contributed by atoms with Crippen LogP contribution in [0, 0.1) is 5.92 Å². The fourth-order valence-electron chi connectivity index (χ4n) is 5.98. The number of halogens is 1. The van der Waals surface area contributed by atoms with Crippen LogP contribution in [0.2, 0.25) is 5.02 Å². The Morgan fingerprint density at radius 3 is 1.58 bits per heavy atom. The maximum atomic E-state index is 14.4. The van der Waals surface area contributed by atoms with Gasteiger partial charge in [-0.3, -0.25) is 9.59 Å². The van der Waals surface area contributed by atoms with E-state index in [1.165, 1.54) is 4.90 Å². The van der Waals surface area contributed by atoms with Crippen LogP contribution in [-0.2, 0) is 20.4 Å². The second-order valence-electron chi connectivity index (χ2n) is 8.61. The highest BCUT2D eigenvalue weighted by Crippen LogP contribution is 2.77. The molecule has 0 N–H and O–H groups in total. The molecule has 1 heterocycles. The maximum absolute atomic E-state index is 14.4. The molecule has 2 atom stereocenters. The van der Waals surface area contributed by atoms with Gasteiger partial charge in [-0.1, -0.05) is 109 Å². The van der Waals surface area contributed by atoms with Crippen LogP contribution in [0.4, 0.5) is 5.69 Å². The number of carbonyl (C=O) groups is 2. The molecule has 33 heavy (non-hydrogen) atoms. The number of hydrogen-bond donors (Lipinski definition) is 0. The topological polar surface area (TPSA) is 37.4 Å². The minimum absolute atomic E-state index is 0.196. The van der Waals surface area contributed by atoms with E-state index in [1.54, 1.807) is 24.3 Å². The Kier molecular flexibility index (Phi) is 4.33. The van der Waals surface area contributed by atoms with E-state index in [2.05, 4.69) is 0 Å². The highest BCUT2D eigenvalue weighted by Gasteiger charge is 2.89. The number of rotatable bonds is 4. The summed E-state index contributed by atoms with van der Waals surface area (Å²) >= 11 is 6.22. The molecule has 0 spiro atoms. The van der Waals surface area contributed by atoms with Crippen molar-refractivity contribution < 1.29 is 9.59 Å². The Morgan fingerprint density at radius 1 is 0.606 bits per heavy atom. The molecule has 0 unspecified atom stereocenters. The van der Waals surface area contributed by atoms with Crippen molar-refractivity contribution in [3.05, 3.63) is 137 Å². The number of carbonyl (C=O) groups excluding carboxylic acids is 2. The minimum Gasteiger partial charge on any atom is -0.274 e. The van der Waals surface area contributed by atoms with E-state index in [9.17, 15) is 9.59 Å². The predicted molar refractivity (Wildman–Crippen MR) is 129 cm³/mol. The van der Waals surface area contributed by atoms with Crippen molar-refractivity contribution in [1.29, 1.82) is 0 Å². The number of nitrogens with zero attached hydrogens (tertiary/aromatic N) is 1. The highest BCUT2D eigenvalue weighted by atomic mass is 35.5. The van der Waals surface area contributed by atoms with Gasteiger partial charge < -0.3 is 0 Å². The Labute approximate surface area is 197 Å². The van der Waals surface area contributed by atoms with Crippen LogP contribution in [0.25, 0.3) is 0 Å². The van der Waals surface area contributed by atoms with Crippen LogP contribution in [0.3, 0.4) is 0 Å². The van der Waals surface area contributed by atoms with Crippen LogP contribution in [0.1, 0.15) is 16.7 Å². The van der Waals surface area contributed by atoms with Gasteiger partial charge in [-0.15, -0.1) is 0 Å². The minimum atomic E-state index is -1.03. The van der Waals surface area contributed by atoms with E-state index in [-0.39, 0.29) is 11.8 Å². The lowest BCUT2D eigenvalue weighted by Crippen LogP contribution is -2.44. The number of benzene rings is 4. The first kappa shape index (κ1) is 20.0. The zero-order chi connectivity index (χ0) is 22.6. The molecule has 4 aromatic rings. The summed E-state index contributed by atoms with van der Waals surface area (Å²) in [7, 11) is 0. The lowest BCUT2D eigenvalue weighted by Gasteiger charge is -2.31. The van der Waals surface area contributed by atoms with E-state index in [0.29, 0.717) is 10.7 Å². The normalized spacial score (nSPS) is 22.8. The van der Waals surface area contributed by atoms with Gasteiger partial charge in [0.15, 0.2) is 0 Å². The molecule has 2 amide bonds. The summed E-state index contributed by atoms with van der Waals surface area (Å²) in [6, 6.07) is 36.6. The van der Waals surface area contributed by atoms with Gasteiger partial charge in [-0.05, 0) is 34.9 Å². The number of imide groups is 1. The molecule has 1 aliphatic heterocycles. The third-order valence-electron chi connectivity index (χ3n) is 7.17. The Balaban J connectivity index is 1.65. The Bertz CT molecular complexity index is 1330. The molecule has 4 heteroatoms. The highest BCUT2D eigenvalue weighted by molar-refractivity contribution is 6.33. The van der Waals surface area contributed by atoms with Gasteiger partial charge in [-0.2, -0.15) is 0 Å². The number of piperidine rings is 1. The number of fused-ring (bicyclic) bond motifs is 1. The van der Waals surface area contributed by atoms with Crippen molar-refractivity contribution in [1.82, 2.24) is 0 Å². The fourth-order valence-corrected chi connectivity index (χ4v) is 6.16. The third kappa shape index (κ3) is 2.46. The number of hydrogen-bond acceptors (Lipinski definition) is 2. The number of amides is 2. The van der Waals surface area contributed by atoms with E-state index >= 15 is 0 Å². The molecule has 2 fully saturated rings. The molecule has 0 aromatic heterocycles. The van der Waals surface area contributed by atoms with Gasteiger partial charge in [0.2, 0.25) is 11.8 Å². The molecule has 2 aliphatic rings.